The smallest absolute Gasteiger partial charge is 0.329 e. The molecule has 0 bridgehead atoms. The fourth-order valence-corrected chi connectivity index (χ4v) is 7.72. The van der Waals surface area contributed by atoms with Crippen molar-refractivity contribution in [2.75, 3.05) is 37.7 Å². The van der Waals surface area contributed by atoms with Crippen LogP contribution in [0.2, 0.25) is 0 Å². The van der Waals surface area contributed by atoms with Gasteiger partial charge < -0.3 is 24.8 Å². The number of H-pyrrole nitrogens is 1. The van der Waals surface area contributed by atoms with E-state index in [1.807, 2.05) is 60.6 Å². The number of aryl methyl sites for hydroxylation is 3. The Hall–Kier alpha value is -4.64. The summed E-state index contributed by atoms with van der Waals surface area (Å²) in [5.41, 5.74) is 7.73. The molecule has 2 aromatic carbocycles. The fourth-order valence-electron chi connectivity index (χ4n) is 7.72. The van der Waals surface area contributed by atoms with Crippen LogP contribution in [0.5, 0.6) is 0 Å². The summed E-state index contributed by atoms with van der Waals surface area (Å²) < 4.78 is 9.25. The zero-order valence-electron chi connectivity index (χ0n) is 29.5. The predicted molar refractivity (Wildman–Crippen MR) is 192 cm³/mol. The number of hydrogen-bond acceptors (Lipinski definition) is 6. The van der Waals surface area contributed by atoms with E-state index in [1.165, 1.54) is 0 Å². The van der Waals surface area contributed by atoms with Gasteiger partial charge in [-0.3, -0.25) is 23.5 Å². The van der Waals surface area contributed by atoms with Crippen molar-refractivity contribution in [2.45, 2.75) is 78.9 Å². The maximum atomic E-state index is 14.0. The van der Waals surface area contributed by atoms with E-state index in [0.29, 0.717) is 37.4 Å². The second-order valence-electron chi connectivity index (χ2n) is 13.6. The first-order chi connectivity index (χ1) is 23.5. The number of piperidine rings is 1. The molecule has 4 aromatic rings. The van der Waals surface area contributed by atoms with Gasteiger partial charge >= 0.3 is 5.69 Å². The van der Waals surface area contributed by atoms with E-state index in [9.17, 15) is 19.2 Å². The minimum absolute atomic E-state index is 0.0147. The van der Waals surface area contributed by atoms with E-state index in [0.717, 1.165) is 76.9 Å². The number of carbonyl (C=O) groups is 2. The quantitative estimate of drug-likeness (QED) is 0.280. The molecule has 49 heavy (non-hydrogen) atoms. The minimum atomic E-state index is -0.250. The highest BCUT2D eigenvalue weighted by Gasteiger charge is 2.27. The maximum Gasteiger partial charge on any atom is 0.329 e. The maximum absolute atomic E-state index is 14.0. The van der Waals surface area contributed by atoms with Crippen molar-refractivity contribution in [2.24, 2.45) is 7.05 Å². The van der Waals surface area contributed by atoms with Crippen molar-refractivity contribution < 1.29 is 14.3 Å². The van der Waals surface area contributed by atoms with Gasteiger partial charge in [0.25, 0.3) is 11.5 Å². The molecule has 2 N–H and O–H groups in total. The van der Waals surface area contributed by atoms with E-state index in [-0.39, 0.29) is 41.7 Å². The molecule has 0 aliphatic carbocycles. The number of fused-ring (bicyclic) bond motifs is 1. The number of aromatic amines is 1. The van der Waals surface area contributed by atoms with E-state index in [1.54, 1.807) is 18.5 Å². The Morgan fingerprint density at radius 2 is 1.67 bits per heavy atom. The number of anilines is 1. The minimum Gasteiger partial charge on any atom is -0.381 e. The van der Waals surface area contributed by atoms with Crippen molar-refractivity contribution >= 4 is 28.5 Å². The van der Waals surface area contributed by atoms with Crippen molar-refractivity contribution in [3.63, 3.8) is 0 Å². The van der Waals surface area contributed by atoms with E-state index in [2.05, 4.69) is 28.2 Å². The van der Waals surface area contributed by atoms with Crippen LogP contribution in [0.3, 0.4) is 0 Å². The first-order valence-electron chi connectivity index (χ1n) is 17.4. The van der Waals surface area contributed by atoms with Gasteiger partial charge in [0, 0.05) is 88.0 Å². The first-order valence-corrected chi connectivity index (χ1v) is 17.4. The van der Waals surface area contributed by atoms with E-state index in [4.69, 9.17) is 4.74 Å². The molecule has 4 heterocycles. The van der Waals surface area contributed by atoms with Crippen molar-refractivity contribution in [1.29, 1.82) is 0 Å². The first kappa shape index (κ1) is 34.2. The van der Waals surface area contributed by atoms with Gasteiger partial charge in [0.05, 0.1) is 11.0 Å². The molecule has 2 aliphatic heterocycles. The Kier molecular flexibility index (Phi) is 9.83. The molecule has 11 heteroatoms. The normalized spacial score (nSPS) is 15.9. The molecule has 0 radical (unpaired) electrons. The van der Waals surface area contributed by atoms with Crippen molar-refractivity contribution in [3.05, 3.63) is 85.2 Å². The van der Waals surface area contributed by atoms with Gasteiger partial charge in [0.2, 0.25) is 5.91 Å². The number of carbonyl (C=O) groups excluding carboxylic acids is 2. The Morgan fingerprint density at radius 3 is 2.33 bits per heavy atom. The van der Waals surface area contributed by atoms with Crippen LogP contribution in [0.4, 0.5) is 5.69 Å². The third-order valence-electron chi connectivity index (χ3n) is 10.5. The number of aromatic nitrogens is 3. The molecule has 0 unspecified atom stereocenters. The number of nitrogens with one attached hydrogen (secondary N) is 2. The molecule has 11 nitrogen and oxygen atoms in total. The molecule has 2 amide bonds. The Morgan fingerprint density at radius 1 is 0.959 bits per heavy atom. The topological polar surface area (TPSA) is 122 Å². The third kappa shape index (κ3) is 6.68. The lowest BCUT2D eigenvalue weighted by Crippen LogP contribution is -2.40. The number of ether oxygens (including phenoxy) is 1. The van der Waals surface area contributed by atoms with Crippen LogP contribution in [-0.2, 0) is 23.1 Å². The third-order valence-corrected chi connectivity index (χ3v) is 10.5. The van der Waals surface area contributed by atoms with Gasteiger partial charge in [-0.25, -0.2) is 4.79 Å². The molecule has 0 spiro atoms. The van der Waals surface area contributed by atoms with Crippen LogP contribution in [0.15, 0.2) is 46.0 Å². The second kappa shape index (κ2) is 14.1. The fraction of sp³-hybridized carbons (Fsp3) is 0.474. The number of likely N-dealkylation sites (tertiary alicyclic amines) is 1. The van der Waals surface area contributed by atoms with Gasteiger partial charge in [-0.05, 0) is 106 Å². The van der Waals surface area contributed by atoms with Gasteiger partial charge in [0.15, 0.2) is 0 Å². The summed E-state index contributed by atoms with van der Waals surface area (Å²) in [7, 11) is 1.80. The molecule has 6 rings (SSSR count). The lowest BCUT2D eigenvalue weighted by molar-refractivity contribution is -0.130. The molecule has 260 valence electrons. The number of benzene rings is 2. The SMILES string of the molecule is CCN(c1cc(-c2ccc3c(c2)n(C)c(=O)n3C2CCN(C(C)=O)CC2)cc(C(=O)NCc2c(C)cc(C)[nH]c2=O)c1C)C1CCOCC1. The number of pyridine rings is 1. The van der Waals surface area contributed by atoms with Gasteiger partial charge in [0.1, 0.15) is 0 Å². The van der Waals surface area contributed by atoms with Gasteiger partial charge in [-0.1, -0.05) is 6.07 Å². The molecular formula is C38H48N6O5. The van der Waals surface area contributed by atoms with Crippen LogP contribution in [-0.4, -0.2) is 69.7 Å². The van der Waals surface area contributed by atoms with E-state index < -0.39 is 0 Å². The highest BCUT2D eigenvalue weighted by Crippen LogP contribution is 2.35. The number of rotatable bonds is 8. The lowest BCUT2D eigenvalue weighted by Gasteiger charge is -2.37. The average molecular weight is 669 g/mol. The molecule has 0 saturated carbocycles. The average Bonchev–Trinajstić information content (AvgIpc) is 3.34. The van der Waals surface area contributed by atoms with Gasteiger partial charge in [-0.15, -0.1) is 0 Å². The Labute approximate surface area is 286 Å². The van der Waals surface area contributed by atoms with Crippen LogP contribution >= 0.6 is 0 Å². The standard InChI is InChI=1S/C38H48N6O5/c1-7-43(29-12-16-49-17-13-29)34-21-28(19-31(25(34)4)36(46)39-22-32-23(2)18-24(3)40-37(32)47)27-8-9-33-35(20-27)41(6)38(48)44(33)30-10-14-42(15-11-30)26(5)45/h8-9,18-21,29-30H,7,10-17,22H2,1-6H3,(H,39,46)(H,40,47). The second-order valence-corrected chi connectivity index (χ2v) is 13.6. The zero-order valence-corrected chi connectivity index (χ0v) is 29.5. The predicted octanol–water partition coefficient (Wildman–Crippen LogP) is 4.74. The van der Waals surface area contributed by atoms with Crippen molar-refractivity contribution in [1.82, 2.24) is 24.3 Å². The van der Waals surface area contributed by atoms with Gasteiger partial charge in [-0.2, -0.15) is 0 Å². The molecule has 2 fully saturated rings. The number of nitrogens with zero attached hydrogens (tertiary/aromatic N) is 4. The van der Waals surface area contributed by atoms with Crippen LogP contribution in [0, 0.1) is 20.8 Å². The highest BCUT2D eigenvalue weighted by molar-refractivity contribution is 5.99. The zero-order chi connectivity index (χ0) is 35.0. The summed E-state index contributed by atoms with van der Waals surface area (Å²) >= 11 is 0. The summed E-state index contributed by atoms with van der Waals surface area (Å²) in [6.07, 6.45) is 3.27. The molecular weight excluding hydrogens is 620 g/mol. The number of amides is 2. The monoisotopic (exact) mass is 668 g/mol. The van der Waals surface area contributed by atoms with Crippen molar-refractivity contribution in [3.8, 4) is 11.1 Å². The van der Waals surface area contributed by atoms with Crippen LogP contribution < -0.4 is 21.5 Å². The summed E-state index contributed by atoms with van der Waals surface area (Å²) in [5.74, 6) is -0.184. The lowest BCUT2D eigenvalue weighted by atomic mass is 9.95. The molecule has 2 aliphatic rings. The van der Waals surface area contributed by atoms with E-state index >= 15 is 0 Å². The van der Waals surface area contributed by atoms with Crippen LogP contribution in [0.25, 0.3) is 22.2 Å². The molecule has 2 saturated heterocycles. The largest absolute Gasteiger partial charge is 0.381 e. The Bertz CT molecular complexity index is 2010. The summed E-state index contributed by atoms with van der Waals surface area (Å²) in [6, 6.07) is 12.4. The highest BCUT2D eigenvalue weighted by atomic mass is 16.5. The number of hydrogen-bond donors (Lipinski definition) is 2. The summed E-state index contributed by atoms with van der Waals surface area (Å²) in [5, 5.41) is 3.02. The molecule has 2 aromatic heterocycles. The summed E-state index contributed by atoms with van der Waals surface area (Å²) in [4.78, 5) is 59.2. The summed E-state index contributed by atoms with van der Waals surface area (Å²) in [6.45, 7) is 13.0. The molecule has 0 atom stereocenters. The number of imidazole rings is 1. The van der Waals surface area contributed by atoms with Crippen LogP contribution in [0.1, 0.15) is 78.3 Å². The Balaban J connectivity index is 1.40.